The number of hydrogen-bond donors (Lipinski definition) is 1. The zero-order valence-corrected chi connectivity index (χ0v) is 8.10. The minimum Gasteiger partial charge on any atom is -0.379 e. The third-order valence-corrected chi connectivity index (χ3v) is 2.20. The molecular weight excluding hydrogens is 171 g/mol. The molecule has 1 heterocycles. The third-order valence-electron chi connectivity index (χ3n) is 2.20. The quantitative estimate of drug-likeness (QED) is 0.608. The summed E-state index contributed by atoms with van der Waals surface area (Å²) in [7, 11) is 0. The molecule has 78 valence electrons. The first-order valence-corrected chi connectivity index (χ1v) is 5.00. The van der Waals surface area contributed by atoms with E-state index in [4.69, 9.17) is 4.74 Å². The van der Waals surface area contributed by atoms with Crippen LogP contribution in [0.1, 0.15) is 6.42 Å². The van der Waals surface area contributed by atoms with E-state index in [1.54, 1.807) is 0 Å². The average Bonchev–Trinajstić information content (AvgIpc) is 2.19. The second kappa shape index (κ2) is 7.24. The molecular formula is C9H19FN2O. The maximum atomic E-state index is 11.7. The van der Waals surface area contributed by atoms with E-state index in [0.29, 0.717) is 6.54 Å². The standard InChI is InChI=1S/C9H19FN2O/c10-2-4-11-3-1-5-12-6-8-13-9-7-12/h11H,1-9H2. The summed E-state index contributed by atoms with van der Waals surface area (Å²) in [6, 6.07) is 0. The number of nitrogens with zero attached hydrogens (tertiary/aromatic N) is 1. The molecule has 0 amide bonds. The summed E-state index contributed by atoms with van der Waals surface area (Å²) < 4.78 is 16.9. The molecule has 0 aromatic rings. The molecule has 0 aromatic heterocycles. The Morgan fingerprint density at radius 1 is 1.23 bits per heavy atom. The first-order chi connectivity index (χ1) is 6.43. The van der Waals surface area contributed by atoms with Crippen LogP contribution >= 0.6 is 0 Å². The van der Waals surface area contributed by atoms with Gasteiger partial charge in [-0.1, -0.05) is 0 Å². The Balaban J connectivity index is 1.86. The molecule has 13 heavy (non-hydrogen) atoms. The second-order valence-electron chi connectivity index (χ2n) is 3.25. The predicted molar refractivity (Wildman–Crippen MR) is 50.7 cm³/mol. The van der Waals surface area contributed by atoms with Gasteiger partial charge >= 0.3 is 0 Å². The summed E-state index contributed by atoms with van der Waals surface area (Å²) in [6.45, 7) is 6.05. The lowest BCUT2D eigenvalue weighted by molar-refractivity contribution is 0.0374. The van der Waals surface area contributed by atoms with E-state index in [0.717, 1.165) is 45.8 Å². The summed E-state index contributed by atoms with van der Waals surface area (Å²) in [5, 5.41) is 3.04. The average molecular weight is 190 g/mol. The molecule has 1 aliphatic heterocycles. The summed E-state index contributed by atoms with van der Waals surface area (Å²) in [5.74, 6) is 0. The minimum atomic E-state index is -0.266. The van der Waals surface area contributed by atoms with Crippen molar-refractivity contribution in [2.45, 2.75) is 6.42 Å². The normalized spacial score (nSPS) is 19.2. The Bertz CT molecular complexity index is 118. The number of hydrogen-bond acceptors (Lipinski definition) is 3. The highest BCUT2D eigenvalue weighted by Crippen LogP contribution is 1.96. The van der Waals surface area contributed by atoms with Gasteiger partial charge in [0.25, 0.3) is 0 Å². The summed E-state index contributed by atoms with van der Waals surface area (Å²) >= 11 is 0. The fraction of sp³-hybridized carbons (Fsp3) is 1.00. The smallest absolute Gasteiger partial charge is 0.102 e. The van der Waals surface area contributed by atoms with Crippen LogP contribution in [0.15, 0.2) is 0 Å². The second-order valence-corrected chi connectivity index (χ2v) is 3.25. The van der Waals surface area contributed by atoms with Crippen LogP contribution in [-0.2, 0) is 4.74 Å². The fourth-order valence-corrected chi connectivity index (χ4v) is 1.44. The molecule has 0 spiro atoms. The van der Waals surface area contributed by atoms with Crippen LogP contribution in [0, 0.1) is 0 Å². The summed E-state index contributed by atoms with van der Waals surface area (Å²) in [6.07, 6.45) is 1.10. The molecule has 0 aromatic carbocycles. The van der Waals surface area contributed by atoms with E-state index in [1.807, 2.05) is 0 Å². The maximum absolute atomic E-state index is 11.7. The van der Waals surface area contributed by atoms with Crippen LogP contribution in [0.25, 0.3) is 0 Å². The van der Waals surface area contributed by atoms with Crippen molar-refractivity contribution in [3.8, 4) is 0 Å². The molecule has 1 saturated heterocycles. The SMILES string of the molecule is FCCNCCCN1CCOCC1. The summed E-state index contributed by atoms with van der Waals surface area (Å²) in [5.41, 5.74) is 0. The summed E-state index contributed by atoms with van der Waals surface area (Å²) in [4.78, 5) is 2.39. The Morgan fingerprint density at radius 2 is 2.00 bits per heavy atom. The van der Waals surface area contributed by atoms with Gasteiger partial charge in [0.05, 0.1) is 13.2 Å². The van der Waals surface area contributed by atoms with Crippen LogP contribution < -0.4 is 5.32 Å². The molecule has 0 radical (unpaired) electrons. The van der Waals surface area contributed by atoms with Gasteiger partial charge in [-0.3, -0.25) is 4.90 Å². The molecule has 1 N–H and O–H groups in total. The molecule has 4 heteroatoms. The number of alkyl halides is 1. The van der Waals surface area contributed by atoms with Crippen LogP contribution in [0.5, 0.6) is 0 Å². The molecule has 0 saturated carbocycles. The van der Waals surface area contributed by atoms with E-state index < -0.39 is 0 Å². The van der Waals surface area contributed by atoms with Crippen LogP contribution in [0.3, 0.4) is 0 Å². The first-order valence-electron chi connectivity index (χ1n) is 5.00. The van der Waals surface area contributed by atoms with E-state index in [1.165, 1.54) is 0 Å². The Morgan fingerprint density at radius 3 is 2.69 bits per heavy atom. The van der Waals surface area contributed by atoms with Gasteiger partial charge in [0.2, 0.25) is 0 Å². The van der Waals surface area contributed by atoms with E-state index in [-0.39, 0.29) is 6.67 Å². The molecule has 0 unspecified atom stereocenters. The molecule has 0 aliphatic carbocycles. The zero-order chi connectivity index (χ0) is 9.36. The van der Waals surface area contributed by atoms with Gasteiger partial charge in [-0.15, -0.1) is 0 Å². The number of ether oxygens (including phenoxy) is 1. The van der Waals surface area contributed by atoms with Gasteiger partial charge < -0.3 is 10.1 Å². The third kappa shape index (κ3) is 5.18. The number of rotatable bonds is 6. The molecule has 1 fully saturated rings. The van der Waals surface area contributed by atoms with Gasteiger partial charge in [-0.25, -0.2) is 4.39 Å². The van der Waals surface area contributed by atoms with Crippen LogP contribution in [-0.4, -0.2) is 57.5 Å². The molecule has 0 bridgehead atoms. The number of nitrogens with one attached hydrogen (secondary N) is 1. The maximum Gasteiger partial charge on any atom is 0.102 e. The predicted octanol–water partition coefficient (Wildman–Crippen LogP) is 0.268. The lowest BCUT2D eigenvalue weighted by Crippen LogP contribution is -2.37. The van der Waals surface area contributed by atoms with E-state index >= 15 is 0 Å². The Kier molecular flexibility index (Phi) is 6.06. The highest BCUT2D eigenvalue weighted by molar-refractivity contribution is 4.62. The largest absolute Gasteiger partial charge is 0.379 e. The minimum absolute atomic E-state index is 0.266. The van der Waals surface area contributed by atoms with Gasteiger partial charge in [0.15, 0.2) is 0 Å². The molecule has 1 aliphatic rings. The van der Waals surface area contributed by atoms with E-state index in [9.17, 15) is 4.39 Å². The van der Waals surface area contributed by atoms with Gasteiger partial charge in [0.1, 0.15) is 6.67 Å². The van der Waals surface area contributed by atoms with Crippen molar-refractivity contribution < 1.29 is 9.13 Å². The van der Waals surface area contributed by atoms with Crippen molar-refractivity contribution in [2.24, 2.45) is 0 Å². The van der Waals surface area contributed by atoms with Crippen molar-refractivity contribution in [1.82, 2.24) is 10.2 Å². The lowest BCUT2D eigenvalue weighted by atomic mass is 10.3. The molecule has 0 atom stereocenters. The fourth-order valence-electron chi connectivity index (χ4n) is 1.44. The van der Waals surface area contributed by atoms with Crippen molar-refractivity contribution in [2.75, 3.05) is 52.6 Å². The Labute approximate surface area is 79.2 Å². The highest BCUT2D eigenvalue weighted by atomic mass is 19.1. The first kappa shape index (κ1) is 10.9. The van der Waals surface area contributed by atoms with Crippen molar-refractivity contribution in [3.63, 3.8) is 0 Å². The van der Waals surface area contributed by atoms with E-state index in [2.05, 4.69) is 10.2 Å². The van der Waals surface area contributed by atoms with Gasteiger partial charge in [-0.05, 0) is 19.5 Å². The number of halogens is 1. The topological polar surface area (TPSA) is 24.5 Å². The van der Waals surface area contributed by atoms with Crippen molar-refractivity contribution in [3.05, 3.63) is 0 Å². The van der Waals surface area contributed by atoms with Gasteiger partial charge in [0, 0.05) is 19.6 Å². The lowest BCUT2D eigenvalue weighted by Gasteiger charge is -2.26. The highest BCUT2D eigenvalue weighted by Gasteiger charge is 2.08. The van der Waals surface area contributed by atoms with Crippen LogP contribution in [0.4, 0.5) is 4.39 Å². The van der Waals surface area contributed by atoms with Crippen molar-refractivity contribution in [1.29, 1.82) is 0 Å². The Hall–Kier alpha value is -0.190. The molecule has 1 rings (SSSR count). The van der Waals surface area contributed by atoms with Gasteiger partial charge in [-0.2, -0.15) is 0 Å². The van der Waals surface area contributed by atoms with Crippen molar-refractivity contribution >= 4 is 0 Å². The van der Waals surface area contributed by atoms with Crippen LogP contribution in [0.2, 0.25) is 0 Å². The monoisotopic (exact) mass is 190 g/mol. The number of morpholine rings is 1. The zero-order valence-electron chi connectivity index (χ0n) is 8.10. The molecule has 3 nitrogen and oxygen atoms in total.